The van der Waals surface area contributed by atoms with Gasteiger partial charge in [0.15, 0.2) is 0 Å². The van der Waals surface area contributed by atoms with Crippen LogP contribution in [-0.4, -0.2) is 29.8 Å². The summed E-state index contributed by atoms with van der Waals surface area (Å²) >= 11 is 0. The summed E-state index contributed by atoms with van der Waals surface area (Å²) in [6.07, 6.45) is 5.13. The molecule has 3 aromatic carbocycles. The molecule has 1 N–H and O–H groups in total. The summed E-state index contributed by atoms with van der Waals surface area (Å²) in [5.41, 5.74) is 1.81. The van der Waals surface area contributed by atoms with Crippen LogP contribution in [0.4, 0.5) is 5.69 Å². The molecular formula is C25H24N2O2. The van der Waals surface area contributed by atoms with Gasteiger partial charge in [-0.05, 0) is 47.4 Å². The van der Waals surface area contributed by atoms with Gasteiger partial charge in [0.25, 0.3) is 0 Å². The molecule has 1 saturated heterocycles. The molecule has 1 aliphatic heterocycles. The van der Waals surface area contributed by atoms with E-state index in [2.05, 4.69) is 23.5 Å². The van der Waals surface area contributed by atoms with Gasteiger partial charge in [0.1, 0.15) is 0 Å². The third kappa shape index (κ3) is 4.54. The quantitative estimate of drug-likeness (QED) is 0.661. The Morgan fingerprint density at radius 3 is 2.55 bits per heavy atom. The molecule has 0 spiro atoms. The van der Waals surface area contributed by atoms with E-state index < -0.39 is 0 Å². The number of fused-ring (bicyclic) bond motifs is 1. The van der Waals surface area contributed by atoms with E-state index in [0.717, 1.165) is 34.9 Å². The highest BCUT2D eigenvalue weighted by molar-refractivity contribution is 5.97. The van der Waals surface area contributed by atoms with Crippen molar-refractivity contribution in [3.05, 3.63) is 84.4 Å². The van der Waals surface area contributed by atoms with Crippen LogP contribution in [0.5, 0.6) is 0 Å². The zero-order valence-corrected chi connectivity index (χ0v) is 16.3. The SMILES string of the molecule is O=C(Nc1ccccc1)C1CCCN(C(=O)/C=C/c2cccc3ccccc23)C1. The lowest BCUT2D eigenvalue weighted by atomic mass is 9.96. The van der Waals surface area contributed by atoms with Crippen molar-refractivity contribution in [2.45, 2.75) is 12.8 Å². The number of piperidine rings is 1. The van der Waals surface area contributed by atoms with Crippen LogP contribution >= 0.6 is 0 Å². The smallest absolute Gasteiger partial charge is 0.246 e. The van der Waals surface area contributed by atoms with Crippen LogP contribution in [0.3, 0.4) is 0 Å². The number of anilines is 1. The Hall–Kier alpha value is -3.40. The first-order valence-electron chi connectivity index (χ1n) is 10.0. The maximum absolute atomic E-state index is 12.7. The average molecular weight is 384 g/mol. The minimum Gasteiger partial charge on any atom is -0.338 e. The number of likely N-dealkylation sites (tertiary alicyclic amines) is 1. The van der Waals surface area contributed by atoms with Crippen molar-refractivity contribution >= 4 is 34.4 Å². The third-order valence-electron chi connectivity index (χ3n) is 5.37. The van der Waals surface area contributed by atoms with Gasteiger partial charge in [-0.2, -0.15) is 0 Å². The number of amides is 2. The molecule has 1 atom stereocenters. The van der Waals surface area contributed by atoms with Crippen molar-refractivity contribution in [1.29, 1.82) is 0 Å². The monoisotopic (exact) mass is 384 g/mol. The number of nitrogens with zero attached hydrogens (tertiary/aromatic N) is 1. The Bertz CT molecular complexity index is 1040. The van der Waals surface area contributed by atoms with Crippen LogP contribution in [0.1, 0.15) is 18.4 Å². The van der Waals surface area contributed by atoms with Crippen molar-refractivity contribution in [2.24, 2.45) is 5.92 Å². The lowest BCUT2D eigenvalue weighted by Crippen LogP contribution is -2.43. The largest absolute Gasteiger partial charge is 0.338 e. The summed E-state index contributed by atoms with van der Waals surface area (Å²) in [5, 5.41) is 5.23. The number of hydrogen-bond acceptors (Lipinski definition) is 2. The van der Waals surface area contributed by atoms with Gasteiger partial charge in [-0.3, -0.25) is 9.59 Å². The van der Waals surface area contributed by atoms with Gasteiger partial charge in [0, 0.05) is 24.9 Å². The summed E-state index contributed by atoms with van der Waals surface area (Å²) < 4.78 is 0. The van der Waals surface area contributed by atoms with Crippen LogP contribution in [0.25, 0.3) is 16.8 Å². The van der Waals surface area contributed by atoms with Crippen molar-refractivity contribution in [2.75, 3.05) is 18.4 Å². The van der Waals surface area contributed by atoms with Gasteiger partial charge < -0.3 is 10.2 Å². The van der Waals surface area contributed by atoms with Crippen LogP contribution in [0.15, 0.2) is 78.9 Å². The summed E-state index contributed by atoms with van der Waals surface area (Å²) in [7, 11) is 0. The van der Waals surface area contributed by atoms with Gasteiger partial charge in [-0.1, -0.05) is 60.7 Å². The Balaban J connectivity index is 1.42. The lowest BCUT2D eigenvalue weighted by Gasteiger charge is -2.31. The van der Waals surface area contributed by atoms with Gasteiger partial charge in [0.05, 0.1) is 5.92 Å². The Morgan fingerprint density at radius 1 is 0.931 bits per heavy atom. The van der Waals surface area contributed by atoms with Gasteiger partial charge in [-0.15, -0.1) is 0 Å². The molecule has 1 aliphatic rings. The van der Waals surface area contributed by atoms with E-state index in [-0.39, 0.29) is 17.7 Å². The summed E-state index contributed by atoms with van der Waals surface area (Å²) in [6.45, 7) is 1.14. The highest BCUT2D eigenvalue weighted by Gasteiger charge is 2.27. The Labute approximate surface area is 170 Å². The molecule has 2 amide bonds. The average Bonchev–Trinajstić information content (AvgIpc) is 2.78. The number of nitrogens with one attached hydrogen (secondary N) is 1. The predicted molar refractivity (Wildman–Crippen MR) is 117 cm³/mol. The molecule has 3 aromatic rings. The van der Waals surface area contributed by atoms with Crippen LogP contribution in [0, 0.1) is 5.92 Å². The molecule has 1 fully saturated rings. The third-order valence-corrected chi connectivity index (χ3v) is 5.37. The predicted octanol–water partition coefficient (Wildman–Crippen LogP) is 4.73. The molecule has 0 aliphatic carbocycles. The molecule has 0 bridgehead atoms. The summed E-state index contributed by atoms with van der Waals surface area (Å²) in [4.78, 5) is 27.1. The number of benzene rings is 3. The zero-order chi connectivity index (χ0) is 20.1. The topological polar surface area (TPSA) is 49.4 Å². The first kappa shape index (κ1) is 18.9. The fraction of sp³-hybridized carbons (Fsp3) is 0.200. The van der Waals surface area contributed by atoms with Crippen molar-refractivity contribution in [3.8, 4) is 0 Å². The van der Waals surface area contributed by atoms with E-state index in [1.165, 1.54) is 0 Å². The van der Waals surface area contributed by atoms with Gasteiger partial charge in [-0.25, -0.2) is 0 Å². The van der Waals surface area contributed by atoms with Crippen LogP contribution in [-0.2, 0) is 9.59 Å². The van der Waals surface area contributed by atoms with Crippen LogP contribution < -0.4 is 5.32 Å². The van der Waals surface area contributed by atoms with Crippen molar-refractivity contribution < 1.29 is 9.59 Å². The molecule has 1 unspecified atom stereocenters. The van der Waals surface area contributed by atoms with E-state index in [9.17, 15) is 9.59 Å². The molecule has 1 heterocycles. The molecule has 0 saturated carbocycles. The van der Waals surface area contributed by atoms with Crippen molar-refractivity contribution in [1.82, 2.24) is 4.90 Å². The second-order valence-corrected chi connectivity index (χ2v) is 7.38. The van der Waals surface area contributed by atoms with E-state index in [1.807, 2.05) is 60.7 Å². The summed E-state index contributed by atoms with van der Waals surface area (Å²) in [6, 6.07) is 23.7. The maximum Gasteiger partial charge on any atom is 0.246 e. The molecule has 146 valence electrons. The summed E-state index contributed by atoms with van der Waals surface area (Å²) in [5.74, 6) is -0.249. The highest BCUT2D eigenvalue weighted by Crippen LogP contribution is 2.21. The number of carbonyl (C=O) groups excluding carboxylic acids is 2. The molecule has 4 rings (SSSR count). The first-order valence-corrected chi connectivity index (χ1v) is 10.0. The maximum atomic E-state index is 12.7. The molecule has 29 heavy (non-hydrogen) atoms. The zero-order valence-electron chi connectivity index (χ0n) is 16.3. The second-order valence-electron chi connectivity index (χ2n) is 7.38. The van der Waals surface area contributed by atoms with E-state index in [4.69, 9.17) is 0 Å². The number of hydrogen-bond donors (Lipinski definition) is 1. The number of carbonyl (C=O) groups is 2. The minimum atomic E-state index is -0.182. The molecule has 0 radical (unpaired) electrons. The fourth-order valence-electron chi connectivity index (χ4n) is 3.82. The Morgan fingerprint density at radius 2 is 1.69 bits per heavy atom. The van der Waals surface area contributed by atoms with Crippen molar-refractivity contribution in [3.63, 3.8) is 0 Å². The second kappa shape index (κ2) is 8.74. The fourth-order valence-corrected chi connectivity index (χ4v) is 3.82. The highest BCUT2D eigenvalue weighted by atomic mass is 16.2. The van der Waals surface area contributed by atoms with E-state index >= 15 is 0 Å². The first-order chi connectivity index (χ1) is 14.2. The number of rotatable bonds is 4. The minimum absolute atomic E-state index is 0.0215. The normalized spacial score (nSPS) is 16.8. The molecular weight excluding hydrogens is 360 g/mol. The molecule has 0 aromatic heterocycles. The molecule has 4 heteroatoms. The van der Waals surface area contributed by atoms with E-state index in [0.29, 0.717) is 13.1 Å². The number of para-hydroxylation sites is 1. The van der Waals surface area contributed by atoms with E-state index in [1.54, 1.807) is 11.0 Å². The Kier molecular flexibility index (Phi) is 5.71. The molecule has 4 nitrogen and oxygen atoms in total. The van der Waals surface area contributed by atoms with Gasteiger partial charge in [0.2, 0.25) is 11.8 Å². The lowest BCUT2D eigenvalue weighted by molar-refractivity contribution is -0.130. The van der Waals surface area contributed by atoms with Gasteiger partial charge >= 0.3 is 0 Å². The standard InChI is InChI=1S/C25H24N2O2/c28-24(16-15-20-10-6-9-19-8-4-5-14-23(19)20)27-17-7-11-21(18-27)25(29)26-22-12-2-1-3-13-22/h1-6,8-10,12-16,21H,7,11,17-18H2,(H,26,29)/b16-15+. The van der Waals surface area contributed by atoms with Crippen LogP contribution in [0.2, 0.25) is 0 Å².